The summed E-state index contributed by atoms with van der Waals surface area (Å²) in [5.41, 5.74) is 0.999. The molecule has 0 spiro atoms. The summed E-state index contributed by atoms with van der Waals surface area (Å²) in [6.07, 6.45) is 0.968. The molecule has 0 aliphatic heterocycles. The Kier molecular flexibility index (Phi) is 4.82. The van der Waals surface area contributed by atoms with Crippen LogP contribution in [0.1, 0.15) is 37.6 Å². The van der Waals surface area contributed by atoms with Crippen molar-refractivity contribution in [1.29, 1.82) is 0 Å². The third-order valence-corrected chi connectivity index (χ3v) is 3.20. The summed E-state index contributed by atoms with van der Waals surface area (Å²) in [5, 5.41) is 9.65. The highest BCUT2D eigenvalue weighted by atomic mass is 35.5. The highest BCUT2D eigenvalue weighted by Gasteiger charge is 2.18. The fourth-order valence-corrected chi connectivity index (χ4v) is 2.04. The molecule has 94 valence electrons. The van der Waals surface area contributed by atoms with Crippen LogP contribution in [0.15, 0.2) is 18.2 Å². The van der Waals surface area contributed by atoms with Crippen LogP contribution in [0, 0.1) is 0 Å². The van der Waals surface area contributed by atoms with Crippen LogP contribution in [0.5, 0.6) is 0 Å². The predicted molar refractivity (Wildman–Crippen MR) is 71.2 cm³/mol. The van der Waals surface area contributed by atoms with Crippen molar-refractivity contribution in [2.75, 3.05) is 11.4 Å². The second-order valence-corrected chi connectivity index (χ2v) is 4.45. The van der Waals surface area contributed by atoms with Gasteiger partial charge in [0.15, 0.2) is 0 Å². The number of aromatic carboxylic acids is 1. The molecule has 0 radical (unpaired) electrons. The van der Waals surface area contributed by atoms with Crippen LogP contribution < -0.4 is 4.90 Å². The van der Waals surface area contributed by atoms with Gasteiger partial charge in [0.25, 0.3) is 0 Å². The number of carboxylic acids is 1. The number of benzene rings is 1. The zero-order valence-corrected chi connectivity index (χ0v) is 11.2. The minimum atomic E-state index is -0.941. The Morgan fingerprint density at radius 1 is 1.47 bits per heavy atom. The van der Waals surface area contributed by atoms with Crippen LogP contribution in [0.4, 0.5) is 5.69 Å². The van der Waals surface area contributed by atoms with E-state index in [-0.39, 0.29) is 5.56 Å². The van der Waals surface area contributed by atoms with Crippen molar-refractivity contribution in [1.82, 2.24) is 0 Å². The lowest BCUT2D eigenvalue weighted by Crippen LogP contribution is -2.33. The average molecular weight is 256 g/mol. The predicted octanol–water partition coefficient (Wildman–Crippen LogP) is 3.66. The average Bonchev–Trinajstić information content (AvgIpc) is 2.31. The van der Waals surface area contributed by atoms with Crippen LogP contribution in [0.3, 0.4) is 0 Å². The molecule has 1 N–H and O–H groups in total. The Hall–Kier alpha value is -1.22. The minimum absolute atomic E-state index is 0.264. The Labute approximate surface area is 107 Å². The summed E-state index contributed by atoms with van der Waals surface area (Å²) in [6.45, 7) is 6.97. The largest absolute Gasteiger partial charge is 0.478 e. The number of hydrogen-bond acceptors (Lipinski definition) is 2. The Morgan fingerprint density at radius 2 is 2.12 bits per heavy atom. The molecular formula is C13H18ClNO2. The molecule has 4 heteroatoms. The monoisotopic (exact) mass is 255 g/mol. The molecule has 0 aromatic heterocycles. The van der Waals surface area contributed by atoms with Crippen LogP contribution in [0.2, 0.25) is 5.02 Å². The first-order chi connectivity index (χ1) is 8.01. The summed E-state index contributed by atoms with van der Waals surface area (Å²) < 4.78 is 0. The zero-order valence-electron chi connectivity index (χ0n) is 10.4. The molecule has 3 nitrogen and oxygen atoms in total. The number of rotatable bonds is 5. The second-order valence-electron chi connectivity index (χ2n) is 4.01. The molecule has 0 heterocycles. The number of hydrogen-bond donors (Lipinski definition) is 1. The SMILES string of the molecule is CCC(C)N(CC)c1ccc(Cl)cc1C(=O)O. The molecule has 0 aliphatic rings. The van der Waals surface area contributed by atoms with E-state index in [0.29, 0.717) is 11.1 Å². The number of anilines is 1. The molecule has 1 aromatic rings. The van der Waals surface area contributed by atoms with E-state index in [2.05, 4.69) is 18.7 Å². The highest BCUT2D eigenvalue weighted by Crippen LogP contribution is 2.26. The van der Waals surface area contributed by atoms with E-state index >= 15 is 0 Å². The zero-order chi connectivity index (χ0) is 13.0. The lowest BCUT2D eigenvalue weighted by molar-refractivity contribution is 0.0697. The molecule has 1 aromatic carbocycles. The molecule has 0 saturated heterocycles. The first kappa shape index (κ1) is 13.8. The normalized spacial score (nSPS) is 12.2. The van der Waals surface area contributed by atoms with Gasteiger partial charge in [-0.25, -0.2) is 4.79 Å². The molecule has 0 fully saturated rings. The molecule has 17 heavy (non-hydrogen) atoms. The van der Waals surface area contributed by atoms with E-state index in [0.717, 1.165) is 18.7 Å². The van der Waals surface area contributed by atoms with E-state index in [4.69, 9.17) is 11.6 Å². The number of carbonyl (C=O) groups is 1. The van der Waals surface area contributed by atoms with Crippen LogP contribution >= 0.6 is 11.6 Å². The maximum absolute atomic E-state index is 11.2. The Bertz CT molecular complexity index is 406. The minimum Gasteiger partial charge on any atom is -0.478 e. The lowest BCUT2D eigenvalue weighted by atomic mass is 10.1. The lowest BCUT2D eigenvalue weighted by Gasteiger charge is -2.30. The van der Waals surface area contributed by atoms with E-state index < -0.39 is 5.97 Å². The summed E-state index contributed by atoms with van der Waals surface area (Å²) in [7, 11) is 0. The third kappa shape index (κ3) is 3.13. The molecule has 0 bridgehead atoms. The summed E-state index contributed by atoms with van der Waals surface area (Å²) in [4.78, 5) is 13.3. The summed E-state index contributed by atoms with van der Waals surface area (Å²) >= 11 is 5.84. The summed E-state index contributed by atoms with van der Waals surface area (Å²) in [5.74, 6) is -0.941. The van der Waals surface area contributed by atoms with Crippen molar-refractivity contribution in [2.45, 2.75) is 33.2 Å². The first-order valence-electron chi connectivity index (χ1n) is 5.80. The van der Waals surface area contributed by atoms with Crippen molar-refractivity contribution in [3.8, 4) is 0 Å². The third-order valence-electron chi connectivity index (χ3n) is 2.96. The van der Waals surface area contributed by atoms with Crippen molar-refractivity contribution < 1.29 is 9.90 Å². The Balaban J connectivity index is 3.23. The van der Waals surface area contributed by atoms with Crippen LogP contribution in [-0.2, 0) is 0 Å². The molecule has 0 aliphatic carbocycles. The van der Waals surface area contributed by atoms with Gasteiger partial charge in [-0.1, -0.05) is 18.5 Å². The second kappa shape index (κ2) is 5.92. The van der Waals surface area contributed by atoms with Gasteiger partial charge in [0.05, 0.1) is 11.3 Å². The highest BCUT2D eigenvalue weighted by molar-refractivity contribution is 6.31. The standard InChI is InChI=1S/C13H18ClNO2/c1-4-9(3)15(5-2)12-7-6-10(14)8-11(12)13(16)17/h6-9H,4-5H2,1-3H3,(H,16,17). The molecule has 1 unspecified atom stereocenters. The van der Waals surface area contributed by atoms with Gasteiger partial charge in [0.1, 0.15) is 0 Å². The van der Waals surface area contributed by atoms with Gasteiger partial charge in [-0.05, 0) is 38.5 Å². The number of carboxylic acid groups (broad SMARTS) is 1. The van der Waals surface area contributed by atoms with Gasteiger partial charge in [0.2, 0.25) is 0 Å². The molecule has 0 amide bonds. The van der Waals surface area contributed by atoms with Gasteiger partial charge >= 0.3 is 5.97 Å². The van der Waals surface area contributed by atoms with Gasteiger partial charge < -0.3 is 10.0 Å². The first-order valence-corrected chi connectivity index (χ1v) is 6.18. The maximum Gasteiger partial charge on any atom is 0.337 e. The van der Waals surface area contributed by atoms with Gasteiger partial charge in [-0.15, -0.1) is 0 Å². The van der Waals surface area contributed by atoms with E-state index in [1.165, 1.54) is 6.07 Å². The Morgan fingerprint density at radius 3 is 2.59 bits per heavy atom. The van der Waals surface area contributed by atoms with Gasteiger partial charge in [0, 0.05) is 17.6 Å². The van der Waals surface area contributed by atoms with Crippen molar-refractivity contribution in [3.05, 3.63) is 28.8 Å². The van der Waals surface area contributed by atoms with Gasteiger partial charge in [-0.2, -0.15) is 0 Å². The van der Waals surface area contributed by atoms with E-state index in [1.54, 1.807) is 12.1 Å². The van der Waals surface area contributed by atoms with E-state index in [9.17, 15) is 9.90 Å². The maximum atomic E-state index is 11.2. The molecule has 1 rings (SSSR count). The summed E-state index contributed by atoms with van der Waals surface area (Å²) in [6, 6.07) is 5.32. The van der Waals surface area contributed by atoms with Gasteiger partial charge in [-0.3, -0.25) is 0 Å². The van der Waals surface area contributed by atoms with Crippen molar-refractivity contribution in [2.24, 2.45) is 0 Å². The van der Waals surface area contributed by atoms with Crippen molar-refractivity contribution in [3.63, 3.8) is 0 Å². The molecular weight excluding hydrogens is 238 g/mol. The molecule has 0 saturated carbocycles. The quantitative estimate of drug-likeness (QED) is 0.873. The van der Waals surface area contributed by atoms with E-state index in [1.807, 2.05) is 6.92 Å². The number of nitrogens with zero attached hydrogens (tertiary/aromatic N) is 1. The fourth-order valence-electron chi connectivity index (χ4n) is 1.87. The number of halogens is 1. The molecule has 1 atom stereocenters. The topological polar surface area (TPSA) is 40.5 Å². The van der Waals surface area contributed by atoms with Crippen LogP contribution in [-0.4, -0.2) is 23.7 Å². The van der Waals surface area contributed by atoms with Crippen molar-refractivity contribution >= 4 is 23.3 Å². The fraction of sp³-hybridized carbons (Fsp3) is 0.462. The van der Waals surface area contributed by atoms with Crippen LogP contribution in [0.25, 0.3) is 0 Å². The smallest absolute Gasteiger partial charge is 0.337 e.